The van der Waals surface area contributed by atoms with Crippen LogP contribution in [0.2, 0.25) is 0 Å². The Hall–Kier alpha value is -2.13. The van der Waals surface area contributed by atoms with Crippen molar-refractivity contribution in [2.24, 2.45) is 5.73 Å². The molecule has 3 nitrogen and oxygen atoms in total. The number of carbonyl (C=O) groups excluding carboxylic acids is 1. The molecule has 3 N–H and O–H groups in total. The van der Waals surface area contributed by atoms with Gasteiger partial charge in [-0.15, -0.1) is 0 Å². The predicted octanol–water partition coefficient (Wildman–Crippen LogP) is 3.74. The van der Waals surface area contributed by atoms with E-state index in [1.165, 1.54) is 16.7 Å². The highest BCUT2D eigenvalue weighted by Crippen LogP contribution is 2.30. The summed E-state index contributed by atoms with van der Waals surface area (Å²) in [4.78, 5) is 12.5. The number of anilines is 1. The first-order valence-electron chi connectivity index (χ1n) is 8.00. The Kier molecular flexibility index (Phi) is 5.22. The smallest absolute Gasteiger partial charge is 0.241 e. The lowest BCUT2D eigenvalue weighted by Gasteiger charge is -2.20. The van der Waals surface area contributed by atoms with E-state index >= 15 is 0 Å². The summed E-state index contributed by atoms with van der Waals surface area (Å²) in [7, 11) is 0. The molecule has 0 spiro atoms. The molecule has 2 aromatic carbocycles. The van der Waals surface area contributed by atoms with E-state index in [1.54, 1.807) is 0 Å². The minimum Gasteiger partial charge on any atom is -0.324 e. The van der Waals surface area contributed by atoms with Crippen molar-refractivity contribution in [3.05, 3.63) is 63.7 Å². The zero-order valence-electron chi connectivity index (χ0n) is 14.7. The van der Waals surface area contributed by atoms with Crippen LogP contribution in [0.4, 0.5) is 5.69 Å². The van der Waals surface area contributed by atoms with E-state index in [2.05, 4.69) is 26.1 Å². The highest BCUT2D eigenvalue weighted by molar-refractivity contribution is 5.96. The second-order valence-corrected chi connectivity index (χ2v) is 6.29. The molecule has 1 unspecified atom stereocenters. The Bertz CT molecular complexity index is 691. The Morgan fingerprint density at radius 3 is 1.91 bits per heavy atom. The monoisotopic (exact) mass is 310 g/mol. The Morgan fingerprint density at radius 1 is 0.913 bits per heavy atom. The molecular weight excluding hydrogens is 284 g/mol. The van der Waals surface area contributed by atoms with Gasteiger partial charge in [-0.05, 0) is 74.4 Å². The van der Waals surface area contributed by atoms with Crippen LogP contribution in [-0.4, -0.2) is 11.9 Å². The first-order chi connectivity index (χ1) is 10.8. The molecule has 1 atom stereocenters. The first-order valence-corrected chi connectivity index (χ1v) is 8.00. The molecule has 0 aliphatic rings. The number of nitrogens with one attached hydrogen (secondary N) is 1. The predicted molar refractivity (Wildman–Crippen MR) is 96.9 cm³/mol. The molecule has 1 amide bonds. The number of hydrogen-bond donors (Lipinski definition) is 2. The van der Waals surface area contributed by atoms with Gasteiger partial charge in [-0.3, -0.25) is 4.79 Å². The summed E-state index contributed by atoms with van der Waals surface area (Å²) in [6, 6.07) is 9.30. The van der Waals surface area contributed by atoms with Gasteiger partial charge in [-0.1, -0.05) is 30.3 Å². The van der Waals surface area contributed by atoms with E-state index < -0.39 is 6.04 Å². The third kappa shape index (κ3) is 3.62. The molecule has 0 saturated heterocycles. The fourth-order valence-corrected chi connectivity index (χ4v) is 2.86. The van der Waals surface area contributed by atoms with Crippen LogP contribution < -0.4 is 11.1 Å². The zero-order valence-corrected chi connectivity index (χ0v) is 14.7. The van der Waals surface area contributed by atoms with Crippen molar-refractivity contribution in [3.8, 4) is 0 Å². The fourth-order valence-electron chi connectivity index (χ4n) is 2.86. The van der Waals surface area contributed by atoms with Gasteiger partial charge in [0.1, 0.15) is 0 Å². The number of benzene rings is 2. The van der Waals surface area contributed by atoms with E-state index in [1.807, 2.05) is 44.2 Å². The average molecular weight is 310 g/mol. The van der Waals surface area contributed by atoms with Crippen LogP contribution in [0.1, 0.15) is 33.4 Å². The molecule has 0 heterocycles. The van der Waals surface area contributed by atoms with Gasteiger partial charge in [0.15, 0.2) is 0 Å². The van der Waals surface area contributed by atoms with Gasteiger partial charge >= 0.3 is 0 Å². The summed E-state index contributed by atoms with van der Waals surface area (Å²) in [6.07, 6.45) is 0.536. The largest absolute Gasteiger partial charge is 0.324 e. The van der Waals surface area contributed by atoms with E-state index in [0.717, 1.165) is 22.4 Å². The van der Waals surface area contributed by atoms with Crippen LogP contribution in [0.15, 0.2) is 30.3 Å². The lowest BCUT2D eigenvalue weighted by atomic mass is 9.92. The second kappa shape index (κ2) is 6.97. The first kappa shape index (κ1) is 17.2. The van der Waals surface area contributed by atoms with E-state index in [0.29, 0.717) is 6.42 Å². The second-order valence-electron chi connectivity index (χ2n) is 6.29. The summed E-state index contributed by atoms with van der Waals surface area (Å²) < 4.78 is 0. The zero-order chi connectivity index (χ0) is 17.1. The standard InChI is InChI=1S/C20H26N2O/c1-12-13(2)15(4)19(16(5)14(12)3)22-20(23)18(21)11-17-9-7-6-8-10-17/h6-10,18H,11,21H2,1-5H3,(H,22,23). The van der Waals surface area contributed by atoms with Crippen molar-refractivity contribution < 1.29 is 4.79 Å². The number of hydrogen-bond acceptors (Lipinski definition) is 2. The van der Waals surface area contributed by atoms with Crippen LogP contribution in [0.25, 0.3) is 0 Å². The molecule has 3 heteroatoms. The Labute approximate surface area is 138 Å². The Balaban J connectivity index is 2.20. The van der Waals surface area contributed by atoms with Gasteiger partial charge in [0.25, 0.3) is 0 Å². The molecular formula is C20H26N2O. The topological polar surface area (TPSA) is 55.1 Å². The van der Waals surface area contributed by atoms with E-state index in [4.69, 9.17) is 5.73 Å². The van der Waals surface area contributed by atoms with Crippen molar-refractivity contribution in [2.45, 2.75) is 47.1 Å². The fraction of sp³-hybridized carbons (Fsp3) is 0.350. The van der Waals surface area contributed by atoms with Gasteiger partial charge in [0.2, 0.25) is 5.91 Å². The molecule has 2 aromatic rings. The highest BCUT2D eigenvalue weighted by atomic mass is 16.2. The van der Waals surface area contributed by atoms with Gasteiger partial charge in [0, 0.05) is 5.69 Å². The maximum absolute atomic E-state index is 12.5. The number of amides is 1. The Morgan fingerprint density at radius 2 is 1.39 bits per heavy atom. The van der Waals surface area contributed by atoms with Crippen LogP contribution in [-0.2, 0) is 11.2 Å². The molecule has 0 bridgehead atoms. The number of rotatable bonds is 4. The summed E-state index contributed by atoms with van der Waals surface area (Å²) >= 11 is 0. The van der Waals surface area contributed by atoms with Crippen molar-refractivity contribution in [3.63, 3.8) is 0 Å². The van der Waals surface area contributed by atoms with Crippen LogP contribution in [0, 0.1) is 34.6 Å². The molecule has 122 valence electrons. The average Bonchev–Trinajstić information content (AvgIpc) is 2.55. The van der Waals surface area contributed by atoms with Crippen molar-refractivity contribution >= 4 is 11.6 Å². The van der Waals surface area contributed by atoms with Gasteiger partial charge < -0.3 is 11.1 Å². The molecule has 0 radical (unpaired) electrons. The number of carbonyl (C=O) groups is 1. The molecule has 0 aromatic heterocycles. The molecule has 2 rings (SSSR count). The lowest BCUT2D eigenvalue weighted by molar-refractivity contribution is -0.117. The molecule has 0 fully saturated rings. The van der Waals surface area contributed by atoms with Crippen LogP contribution in [0.5, 0.6) is 0 Å². The maximum Gasteiger partial charge on any atom is 0.241 e. The normalized spacial score (nSPS) is 12.1. The highest BCUT2D eigenvalue weighted by Gasteiger charge is 2.18. The summed E-state index contributed by atoms with van der Waals surface area (Å²) in [5.41, 5.74) is 14.0. The quantitative estimate of drug-likeness (QED) is 0.904. The van der Waals surface area contributed by atoms with Crippen LogP contribution >= 0.6 is 0 Å². The molecule has 0 aliphatic carbocycles. The van der Waals surface area contributed by atoms with Gasteiger partial charge in [0.05, 0.1) is 6.04 Å². The molecule has 0 aliphatic heterocycles. The molecule has 23 heavy (non-hydrogen) atoms. The minimum absolute atomic E-state index is 0.136. The summed E-state index contributed by atoms with van der Waals surface area (Å²) in [5.74, 6) is -0.136. The van der Waals surface area contributed by atoms with Crippen molar-refractivity contribution in [2.75, 3.05) is 5.32 Å². The van der Waals surface area contributed by atoms with E-state index in [-0.39, 0.29) is 5.91 Å². The van der Waals surface area contributed by atoms with Crippen molar-refractivity contribution in [1.29, 1.82) is 0 Å². The maximum atomic E-state index is 12.5. The van der Waals surface area contributed by atoms with E-state index in [9.17, 15) is 4.79 Å². The van der Waals surface area contributed by atoms with Crippen molar-refractivity contribution in [1.82, 2.24) is 0 Å². The summed E-state index contributed by atoms with van der Waals surface area (Å²) in [6.45, 7) is 10.4. The SMILES string of the molecule is Cc1c(C)c(C)c(NC(=O)C(N)Cc2ccccc2)c(C)c1C. The van der Waals surface area contributed by atoms with Gasteiger partial charge in [-0.25, -0.2) is 0 Å². The minimum atomic E-state index is -0.557. The molecule has 0 saturated carbocycles. The lowest BCUT2D eigenvalue weighted by Crippen LogP contribution is -2.37. The third-order valence-corrected chi connectivity index (χ3v) is 4.88. The third-order valence-electron chi connectivity index (χ3n) is 4.88. The number of nitrogens with two attached hydrogens (primary N) is 1. The van der Waals surface area contributed by atoms with Gasteiger partial charge in [-0.2, -0.15) is 0 Å². The van der Waals surface area contributed by atoms with Crippen LogP contribution in [0.3, 0.4) is 0 Å². The summed E-state index contributed by atoms with van der Waals surface area (Å²) in [5, 5.41) is 3.04.